The number of carbonyl (C=O) groups is 1. The van der Waals surface area contributed by atoms with Gasteiger partial charge >= 0.3 is 0 Å². The largest absolute Gasteiger partial charge is 0.322 e. The van der Waals surface area contributed by atoms with Crippen LogP contribution in [0.5, 0.6) is 0 Å². The van der Waals surface area contributed by atoms with Gasteiger partial charge in [0.15, 0.2) is 0 Å². The summed E-state index contributed by atoms with van der Waals surface area (Å²) in [4.78, 5) is 12.1. The maximum Gasteiger partial charge on any atom is 0.261 e. The lowest BCUT2D eigenvalue weighted by atomic mass is 10.2. The van der Waals surface area contributed by atoms with Crippen LogP contribution in [0.4, 0.5) is 5.69 Å². The van der Waals surface area contributed by atoms with E-state index in [1.54, 1.807) is 31.2 Å². The SMILES string of the molecule is Cc1cc(NC(=O)c2ccccc2Cl)ccc1S(=O)(=O)Cl. The molecule has 7 heteroatoms. The first kappa shape index (κ1) is 15.8. The number of benzene rings is 2. The van der Waals surface area contributed by atoms with E-state index < -0.39 is 9.05 Å². The fourth-order valence-electron chi connectivity index (χ4n) is 1.84. The second kappa shape index (κ2) is 6.05. The lowest BCUT2D eigenvalue weighted by Gasteiger charge is -2.09. The molecule has 0 spiro atoms. The van der Waals surface area contributed by atoms with Crippen molar-refractivity contribution < 1.29 is 13.2 Å². The second-order valence-electron chi connectivity index (χ2n) is 4.35. The highest BCUT2D eigenvalue weighted by Gasteiger charge is 2.15. The van der Waals surface area contributed by atoms with Crippen LogP contribution < -0.4 is 5.32 Å². The third-order valence-electron chi connectivity index (χ3n) is 2.81. The second-order valence-corrected chi connectivity index (χ2v) is 7.29. The molecule has 0 atom stereocenters. The van der Waals surface area contributed by atoms with Gasteiger partial charge in [0, 0.05) is 16.4 Å². The number of rotatable bonds is 3. The van der Waals surface area contributed by atoms with Crippen molar-refractivity contribution in [1.29, 1.82) is 0 Å². The molecule has 1 amide bonds. The van der Waals surface area contributed by atoms with Gasteiger partial charge in [0.2, 0.25) is 0 Å². The number of halogens is 2. The molecule has 0 aliphatic rings. The average Bonchev–Trinajstić information content (AvgIpc) is 2.37. The maximum absolute atomic E-state index is 12.1. The van der Waals surface area contributed by atoms with E-state index >= 15 is 0 Å². The minimum atomic E-state index is -3.80. The Morgan fingerprint density at radius 1 is 1.14 bits per heavy atom. The van der Waals surface area contributed by atoms with Crippen LogP contribution >= 0.6 is 22.3 Å². The molecule has 2 aromatic rings. The molecule has 4 nitrogen and oxygen atoms in total. The first-order valence-corrected chi connectivity index (χ1v) is 8.59. The molecule has 2 rings (SSSR count). The van der Waals surface area contributed by atoms with Crippen molar-refractivity contribution in [3.8, 4) is 0 Å². The van der Waals surface area contributed by atoms with Crippen molar-refractivity contribution in [3.05, 3.63) is 58.6 Å². The summed E-state index contributed by atoms with van der Waals surface area (Å²) in [5.41, 5.74) is 1.24. The number of anilines is 1. The molecule has 110 valence electrons. The number of carbonyl (C=O) groups excluding carboxylic acids is 1. The lowest BCUT2D eigenvalue weighted by molar-refractivity contribution is 0.102. The van der Waals surface area contributed by atoms with Gasteiger partial charge in [0.05, 0.1) is 15.5 Å². The molecule has 0 radical (unpaired) electrons. The van der Waals surface area contributed by atoms with Crippen LogP contribution in [0.3, 0.4) is 0 Å². The van der Waals surface area contributed by atoms with Crippen molar-refractivity contribution in [2.24, 2.45) is 0 Å². The first-order chi connectivity index (χ1) is 9.79. The van der Waals surface area contributed by atoms with E-state index in [1.165, 1.54) is 18.2 Å². The first-order valence-electron chi connectivity index (χ1n) is 5.90. The number of hydrogen-bond acceptors (Lipinski definition) is 3. The van der Waals surface area contributed by atoms with Crippen molar-refractivity contribution >= 4 is 42.9 Å². The predicted molar refractivity (Wildman–Crippen MR) is 83.6 cm³/mol. The maximum atomic E-state index is 12.1. The molecule has 2 aromatic carbocycles. The Balaban J connectivity index is 2.27. The van der Waals surface area contributed by atoms with Crippen LogP contribution in [-0.4, -0.2) is 14.3 Å². The van der Waals surface area contributed by atoms with Crippen molar-refractivity contribution in [1.82, 2.24) is 0 Å². The smallest absolute Gasteiger partial charge is 0.261 e. The van der Waals surface area contributed by atoms with Crippen LogP contribution in [-0.2, 0) is 9.05 Å². The minimum Gasteiger partial charge on any atom is -0.322 e. The summed E-state index contributed by atoms with van der Waals surface area (Å²) in [6, 6.07) is 11.0. The molecule has 0 heterocycles. The van der Waals surface area contributed by atoms with E-state index in [0.29, 0.717) is 21.8 Å². The zero-order valence-electron chi connectivity index (χ0n) is 10.9. The zero-order valence-corrected chi connectivity index (χ0v) is 13.3. The summed E-state index contributed by atoms with van der Waals surface area (Å²) in [5, 5.41) is 3.00. The van der Waals surface area contributed by atoms with E-state index in [4.69, 9.17) is 22.3 Å². The lowest BCUT2D eigenvalue weighted by Crippen LogP contribution is -2.12. The normalized spacial score (nSPS) is 11.2. The summed E-state index contributed by atoms with van der Waals surface area (Å²) in [5.74, 6) is -0.374. The Bertz CT molecular complexity index is 804. The summed E-state index contributed by atoms with van der Waals surface area (Å²) < 4.78 is 22.6. The molecule has 21 heavy (non-hydrogen) atoms. The topological polar surface area (TPSA) is 63.2 Å². The molecule has 0 aliphatic heterocycles. The highest BCUT2D eigenvalue weighted by atomic mass is 35.7. The Morgan fingerprint density at radius 2 is 1.81 bits per heavy atom. The van der Waals surface area contributed by atoms with Crippen LogP contribution in [0.1, 0.15) is 15.9 Å². The van der Waals surface area contributed by atoms with Gasteiger partial charge < -0.3 is 5.32 Å². The summed E-state index contributed by atoms with van der Waals surface area (Å²) in [7, 11) is 1.51. The van der Waals surface area contributed by atoms with Gasteiger partial charge in [-0.25, -0.2) is 8.42 Å². The zero-order chi connectivity index (χ0) is 15.6. The minimum absolute atomic E-state index is 0.0138. The number of aryl methyl sites for hydroxylation is 1. The van der Waals surface area contributed by atoms with Gasteiger partial charge in [-0.1, -0.05) is 23.7 Å². The van der Waals surface area contributed by atoms with Gasteiger partial charge in [-0.15, -0.1) is 0 Å². The van der Waals surface area contributed by atoms with Crippen LogP contribution in [0.15, 0.2) is 47.4 Å². The summed E-state index contributed by atoms with van der Waals surface area (Å²) in [6.07, 6.45) is 0. The Morgan fingerprint density at radius 3 is 2.38 bits per heavy atom. The predicted octanol–water partition coefficient (Wildman–Crippen LogP) is 3.83. The Labute approximate surface area is 132 Å². The average molecular weight is 344 g/mol. The molecule has 0 fully saturated rings. The molecule has 0 saturated carbocycles. The summed E-state index contributed by atoms with van der Waals surface area (Å²) in [6.45, 7) is 1.60. The van der Waals surface area contributed by atoms with Crippen LogP contribution in [0, 0.1) is 6.92 Å². The third kappa shape index (κ3) is 3.75. The van der Waals surface area contributed by atoms with E-state index in [2.05, 4.69) is 5.32 Å². The van der Waals surface area contributed by atoms with Gasteiger partial charge in [0.25, 0.3) is 15.0 Å². The highest BCUT2D eigenvalue weighted by molar-refractivity contribution is 8.13. The standard InChI is InChI=1S/C14H11Cl2NO3S/c1-9-8-10(6-7-13(9)21(16,19)20)17-14(18)11-4-2-3-5-12(11)15/h2-8H,1H3,(H,17,18). The Hall–Kier alpha value is -1.56. The molecule has 1 N–H and O–H groups in total. The molecular weight excluding hydrogens is 333 g/mol. The van der Waals surface area contributed by atoms with Crippen LogP contribution in [0.2, 0.25) is 5.02 Å². The van der Waals surface area contributed by atoms with E-state index in [0.717, 1.165) is 0 Å². The van der Waals surface area contributed by atoms with E-state index in [9.17, 15) is 13.2 Å². The third-order valence-corrected chi connectivity index (χ3v) is 4.63. The quantitative estimate of drug-likeness (QED) is 0.861. The molecule has 0 unspecified atom stereocenters. The molecular formula is C14H11Cl2NO3S. The van der Waals surface area contributed by atoms with E-state index in [1.807, 2.05) is 0 Å². The molecule has 0 aliphatic carbocycles. The van der Waals surface area contributed by atoms with E-state index in [-0.39, 0.29) is 10.8 Å². The monoisotopic (exact) mass is 343 g/mol. The van der Waals surface area contributed by atoms with Gasteiger partial charge in [-0.3, -0.25) is 4.79 Å². The van der Waals surface area contributed by atoms with Crippen LogP contribution in [0.25, 0.3) is 0 Å². The Kier molecular flexibility index (Phi) is 4.56. The number of hydrogen-bond donors (Lipinski definition) is 1. The van der Waals surface area contributed by atoms with Crippen molar-refractivity contribution in [2.45, 2.75) is 11.8 Å². The van der Waals surface area contributed by atoms with Gasteiger partial charge in [-0.2, -0.15) is 0 Å². The highest BCUT2D eigenvalue weighted by Crippen LogP contribution is 2.23. The molecule has 0 bridgehead atoms. The summed E-state index contributed by atoms with van der Waals surface area (Å²) >= 11 is 5.94. The van der Waals surface area contributed by atoms with Gasteiger partial charge in [-0.05, 0) is 42.8 Å². The number of nitrogens with one attached hydrogen (secondary N) is 1. The van der Waals surface area contributed by atoms with Crippen molar-refractivity contribution in [2.75, 3.05) is 5.32 Å². The fraction of sp³-hybridized carbons (Fsp3) is 0.0714. The number of amides is 1. The fourth-order valence-corrected chi connectivity index (χ4v) is 3.26. The van der Waals surface area contributed by atoms with Crippen molar-refractivity contribution in [3.63, 3.8) is 0 Å². The molecule has 0 saturated heterocycles. The molecule has 0 aromatic heterocycles. The van der Waals surface area contributed by atoms with Gasteiger partial charge in [0.1, 0.15) is 0 Å².